The smallest absolute Gasteiger partial charge is 0.239 e. The number of hydrogen-bond acceptors (Lipinski definition) is 3. The van der Waals surface area contributed by atoms with E-state index in [0.29, 0.717) is 6.54 Å². The number of nitrogens with zero attached hydrogens (tertiary/aromatic N) is 1. The van der Waals surface area contributed by atoms with E-state index in [-0.39, 0.29) is 30.8 Å². The Morgan fingerprint density at radius 1 is 1.30 bits per heavy atom. The van der Waals surface area contributed by atoms with E-state index in [1.54, 1.807) is 11.9 Å². The number of carbonyl (C=O) groups is 2. The van der Waals surface area contributed by atoms with Gasteiger partial charge >= 0.3 is 0 Å². The molecule has 0 heterocycles. The standard InChI is InChI=1S/C15H23N3O2/c1-3-9-18(11-14(19)17-2)15(20)10-13(16)12-7-5-4-6-8-12/h4-8,13H,3,9-11,16H2,1-2H3,(H,17,19). The minimum absolute atomic E-state index is 0.0880. The molecule has 1 aromatic carbocycles. The van der Waals surface area contributed by atoms with E-state index < -0.39 is 0 Å². The number of carbonyl (C=O) groups excluding carboxylic acids is 2. The lowest BCUT2D eigenvalue weighted by molar-refractivity contribution is -0.136. The van der Waals surface area contributed by atoms with Gasteiger partial charge in [-0.15, -0.1) is 0 Å². The second kappa shape index (κ2) is 8.32. The lowest BCUT2D eigenvalue weighted by Gasteiger charge is -2.23. The highest BCUT2D eigenvalue weighted by Crippen LogP contribution is 2.14. The van der Waals surface area contributed by atoms with Gasteiger partial charge in [0.1, 0.15) is 0 Å². The van der Waals surface area contributed by atoms with Gasteiger partial charge in [0.25, 0.3) is 0 Å². The second-order valence-corrected chi connectivity index (χ2v) is 4.71. The molecule has 0 fully saturated rings. The summed E-state index contributed by atoms with van der Waals surface area (Å²) in [5, 5.41) is 2.53. The zero-order valence-electron chi connectivity index (χ0n) is 12.1. The van der Waals surface area contributed by atoms with Crippen molar-refractivity contribution in [2.45, 2.75) is 25.8 Å². The van der Waals surface area contributed by atoms with Gasteiger partial charge in [0.15, 0.2) is 0 Å². The Balaban J connectivity index is 2.63. The van der Waals surface area contributed by atoms with Crippen molar-refractivity contribution in [1.82, 2.24) is 10.2 Å². The Bertz CT molecular complexity index is 434. The summed E-state index contributed by atoms with van der Waals surface area (Å²) in [5.74, 6) is -0.258. The number of rotatable bonds is 7. The van der Waals surface area contributed by atoms with E-state index in [0.717, 1.165) is 12.0 Å². The summed E-state index contributed by atoms with van der Waals surface area (Å²) in [6.07, 6.45) is 1.02. The van der Waals surface area contributed by atoms with Gasteiger partial charge in [0.2, 0.25) is 11.8 Å². The average Bonchev–Trinajstić information content (AvgIpc) is 2.47. The molecule has 0 saturated carbocycles. The van der Waals surface area contributed by atoms with Gasteiger partial charge in [-0.05, 0) is 12.0 Å². The fraction of sp³-hybridized carbons (Fsp3) is 0.467. The van der Waals surface area contributed by atoms with E-state index >= 15 is 0 Å². The molecule has 5 nitrogen and oxygen atoms in total. The van der Waals surface area contributed by atoms with Crippen LogP contribution >= 0.6 is 0 Å². The molecule has 3 N–H and O–H groups in total. The van der Waals surface area contributed by atoms with Crippen molar-refractivity contribution < 1.29 is 9.59 Å². The number of hydrogen-bond donors (Lipinski definition) is 2. The number of benzene rings is 1. The second-order valence-electron chi connectivity index (χ2n) is 4.71. The van der Waals surface area contributed by atoms with E-state index in [9.17, 15) is 9.59 Å². The Labute approximate surface area is 120 Å². The summed E-state index contributed by atoms with van der Waals surface area (Å²) < 4.78 is 0. The third-order valence-corrected chi connectivity index (χ3v) is 3.08. The predicted octanol–water partition coefficient (Wildman–Crippen LogP) is 1.06. The van der Waals surface area contributed by atoms with E-state index in [4.69, 9.17) is 5.73 Å². The van der Waals surface area contributed by atoms with Crippen LogP contribution < -0.4 is 11.1 Å². The molecule has 1 unspecified atom stereocenters. The molecule has 0 aromatic heterocycles. The molecule has 1 aromatic rings. The van der Waals surface area contributed by atoms with Crippen LogP contribution in [-0.4, -0.2) is 36.9 Å². The maximum absolute atomic E-state index is 12.2. The van der Waals surface area contributed by atoms with Crippen LogP contribution in [0.5, 0.6) is 0 Å². The molecule has 5 heteroatoms. The first-order valence-electron chi connectivity index (χ1n) is 6.87. The SMILES string of the molecule is CCCN(CC(=O)NC)C(=O)CC(N)c1ccccc1. The molecule has 0 bridgehead atoms. The molecule has 1 atom stereocenters. The Kier molecular flexibility index (Phi) is 6.73. The first kappa shape index (κ1) is 16.2. The Morgan fingerprint density at radius 2 is 1.95 bits per heavy atom. The first-order valence-corrected chi connectivity index (χ1v) is 6.87. The van der Waals surface area contributed by atoms with E-state index in [1.165, 1.54) is 0 Å². The molecule has 20 heavy (non-hydrogen) atoms. The monoisotopic (exact) mass is 277 g/mol. The summed E-state index contributed by atoms with van der Waals surface area (Å²) in [6, 6.07) is 9.17. The van der Waals surface area contributed by atoms with Gasteiger partial charge in [-0.1, -0.05) is 37.3 Å². The Hall–Kier alpha value is -1.88. The number of likely N-dealkylation sites (N-methyl/N-ethyl adjacent to an activating group) is 1. The average molecular weight is 277 g/mol. The molecule has 2 amide bonds. The third kappa shape index (κ3) is 5.01. The third-order valence-electron chi connectivity index (χ3n) is 3.08. The van der Waals surface area contributed by atoms with E-state index in [2.05, 4.69) is 5.32 Å². The summed E-state index contributed by atoms with van der Waals surface area (Å²) in [5.41, 5.74) is 6.97. The Morgan fingerprint density at radius 3 is 2.50 bits per heavy atom. The molecule has 110 valence electrons. The number of nitrogens with two attached hydrogens (primary N) is 1. The molecule has 0 spiro atoms. The lowest BCUT2D eigenvalue weighted by atomic mass is 10.0. The highest BCUT2D eigenvalue weighted by molar-refractivity contribution is 5.84. The predicted molar refractivity (Wildman–Crippen MR) is 78.9 cm³/mol. The molecule has 1 rings (SSSR count). The van der Waals surface area contributed by atoms with Crippen LogP contribution in [0.25, 0.3) is 0 Å². The number of nitrogens with one attached hydrogen (secondary N) is 1. The van der Waals surface area contributed by atoms with Gasteiger partial charge in [0.05, 0.1) is 6.54 Å². The normalized spacial score (nSPS) is 11.8. The highest BCUT2D eigenvalue weighted by atomic mass is 16.2. The van der Waals surface area contributed by atoms with Crippen LogP contribution in [0.4, 0.5) is 0 Å². The summed E-state index contributed by atoms with van der Waals surface area (Å²) in [7, 11) is 1.56. The van der Waals surface area contributed by atoms with Gasteiger partial charge in [-0.3, -0.25) is 9.59 Å². The molecule has 0 aliphatic rings. The van der Waals surface area contributed by atoms with Crippen LogP contribution in [0.2, 0.25) is 0 Å². The van der Waals surface area contributed by atoms with Crippen molar-refractivity contribution >= 4 is 11.8 Å². The highest BCUT2D eigenvalue weighted by Gasteiger charge is 2.19. The minimum atomic E-state index is -0.340. The van der Waals surface area contributed by atoms with Gasteiger partial charge in [-0.2, -0.15) is 0 Å². The minimum Gasteiger partial charge on any atom is -0.358 e. The topological polar surface area (TPSA) is 75.4 Å². The zero-order valence-corrected chi connectivity index (χ0v) is 12.1. The lowest BCUT2D eigenvalue weighted by Crippen LogP contribution is -2.41. The molecular formula is C15H23N3O2. The fourth-order valence-corrected chi connectivity index (χ4v) is 1.95. The molecule has 0 radical (unpaired) electrons. The van der Waals surface area contributed by atoms with Crippen LogP contribution in [0.15, 0.2) is 30.3 Å². The molecule has 0 saturated heterocycles. The van der Waals surface area contributed by atoms with Crippen molar-refractivity contribution in [3.8, 4) is 0 Å². The van der Waals surface area contributed by atoms with Crippen molar-refractivity contribution in [3.05, 3.63) is 35.9 Å². The largest absolute Gasteiger partial charge is 0.358 e. The maximum atomic E-state index is 12.2. The van der Waals surface area contributed by atoms with Gasteiger partial charge in [0, 0.05) is 26.1 Å². The van der Waals surface area contributed by atoms with E-state index in [1.807, 2.05) is 37.3 Å². The summed E-state index contributed by atoms with van der Waals surface area (Å²) in [6.45, 7) is 2.62. The fourth-order valence-electron chi connectivity index (χ4n) is 1.95. The van der Waals surface area contributed by atoms with Crippen LogP contribution in [0.3, 0.4) is 0 Å². The molecule has 0 aliphatic carbocycles. The van der Waals surface area contributed by atoms with Crippen LogP contribution in [-0.2, 0) is 9.59 Å². The van der Waals surface area contributed by atoms with Crippen molar-refractivity contribution in [2.24, 2.45) is 5.73 Å². The summed E-state index contributed by atoms with van der Waals surface area (Å²) >= 11 is 0. The number of amides is 2. The molecule has 0 aliphatic heterocycles. The molecular weight excluding hydrogens is 254 g/mol. The maximum Gasteiger partial charge on any atom is 0.239 e. The summed E-state index contributed by atoms with van der Waals surface area (Å²) in [4.78, 5) is 25.2. The van der Waals surface area contributed by atoms with Crippen molar-refractivity contribution in [3.63, 3.8) is 0 Å². The zero-order chi connectivity index (χ0) is 15.0. The quantitative estimate of drug-likeness (QED) is 0.782. The van der Waals surface area contributed by atoms with Crippen molar-refractivity contribution in [2.75, 3.05) is 20.1 Å². The van der Waals surface area contributed by atoms with Gasteiger partial charge < -0.3 is 16.0 Å². The van der Waals surface area contributed by atoms with Crippen molar-refractivity contribution in [1.29, 1.82) is 0 Å². The van der Waals surface area contributed by atoms with Crippen LogP contribution in [0, 0.1) is 0 Å². The van der Waals surface area contributed by atoms with Gasteiger partial charge in [-0.25, -0.2) is 0 Å². The van der Waals surface area contributed by atoms with Crippen LogP contribution in [0.1, 0.15) is 31.4 Å². The first-order chi connectivity index (χ1) is 9.58.